The molecule has 1 aliphatic rings. The Kier molecular flexibility index (Phi) is 4.82. The number of hydrogen-bond acceptors (Lipinski definition) is 7. The molecule has 0 saturated carbocycles. The second kappa shape index (κ2) is 7.43. The third-order valence-corrected chi connectivity index (χ3v) is 5.83. The van der Waals surface area contributed by atoms with Crippen molar-refractivity contribution in [2.24, 2.45) is 0 Å². The van der Waals surface area contributed by atoms with E-state index in [0.29, 0.717) is 31.7 Å². The second-order valence-electron chi connectivity index (χ2n) is 6.41. The number of benzene rings is 2. The van der Waals surface area contributed by atoms with Gasteiger partial charge in [-0.15, -0.1) is 0 Å². The quantitative estimate of drug-likeness (QED) is 0.495. The molecule has 2 heterocycles. The maximum Gasteiger partial charge on any atom is 0.269 e. The highest BCUT2D eigenvalue weighted by Crippen LogP contribution is 2.32. The summed E-state index contributed by atoms with van der Waals surface area (Å²) in [6, 6.07) is 11.6. The van der Waals surface area contributed by atoms with Gasteiger partial charge in [0.05, 0.1) is 22.2 Å². The lowest BCUT2D eigenvalue weighted by Crippen LogP contribution is -2.48. The predicted octanol–water partition coefficient (Wildman–Crippen LogP) is 3.18. The standard InChI is InChI=1S/C19H18N4O4S/c1-27-15-6-7-16-17(12-15)28-19(20-16)22-10-8-21(9-11-22)18(24)13-2-4-14(5-3-13)23(25)26/h2-7,12H,8-11H2,1H3. The number of anilines is 1. The van der Waals surface area contributed by atoms with E-state index in [1.807, 2.05) is 18.2 Å². The number of nitro benzene ring substituents is 1. The summed E-state index contributed by atoms with van der Waals surface area (Å²) >= 11 is 1.61. The number of non-ortho nitro benzene ring substituents is 1. The lowest BCUT2D eigenvalue weighted by atomic mass is 10.1. The van der Waals surface area contributed by atoms with E-state index in [-0.39, 0.29) is 11.6 Å². The number of ether oxygens (including phenoxy) is 1. The summed E-state index contributed by atoms with van der Waals surface area (Å²) in [7, 11) is 1.64. The lowest BCUT2D eigenvalue weighted by molar-refractivity contribution is -0.384. The van der Waals surface area contributed by atoms with Crippen molar-refractivity contribution in [3.05, 3.63) is 58.1 Å². The Morgan fingerprint density at radius 1 is 1.14 bits per heavy atom. The van der Waals surface area contributed by atoms with Gasteiger partial charge in [0.2, 0.25) is 0 Å². The number of hydrogen-bond donors (Lipinski definition) is 0. The van der Waals surface area contributed by atoms with Crippen LogP contribution < -0.4 is 9.64 Å². The molecule has 0 radical (unpaired) electrons. The van der Waals surface area contributed by atoms with E-state index in [9.17, 15) is 14.9 Å². The Balaban J connectivity index is 1.42. The van der Waals surface area contributed by atoms with Gasteiger partial charge in [-0.25, -0.2) is 4.98 Å². The van der Waals surface area contributed by atoms with Crippen LogP contribution in [-0.2, 0) is 0 Å². The van der Waals surface area contributed by atoms with Gasteiger partial charge in [-0.2, -0.15) is 0 Å². The van der Waals surface area contributed by atoms with Crippen molar-refractivity contribution >= 4 is 38.3 Å². The summed E-state index contributed by atoms with van der Waals surface area (Å²) in [4.78, 5) is 31.6. The minimum atomic E-state index is -0.472. The predicted molar refractivity (Wildman–Crippen MR) is 107 cm³/mol. The molecule has 9 heteroatoms. The minimum absolute atomic E-state index is 0.0196. The van der Waals surface area contributed by atoms with Crippen molar-refractivity contribution in [2.75, 3.05) is 38.2 Å². The van der Waals surface area contributed by atoms with Gasteiger partial charge in [-0.1, -0.05) is 11.3 Å². The highest BCUT2D eigenvalue weighted by molar-refractivity contribution is 7.22. The van der Waals surface area contributed by atoms with Crippen LogP contribution in [0.25, 0.3) is 10.2 Å². The molecular formula is C19H18N4O4S. The van der Waals surface area contributed by atoms with Gasteiger partial charge in [0.1, 0.15) is 5.75 Å². The number of aromatic nitrogens is 1. The fraction of sp³-hybridized carbons (Fsp3) is 0.263. The van der Waals surface area contributed by atoms with E-state index >= 15 is 0 Å². The van der Waals surface area contributed by atoms with Crippen molar-refractivity contribution < 1.29 is 14.5 Å². The van der Waals surface area contributed by atoms with Crippen molar-refractivity contribution in [1.82, 2.24) is 9.88 Å². The highest BCUT2D eigenvalue weighted by atomic mass is 32.1. The van der Waals surface area contributed by atoms with Crippen LogP contribution in [-0.4, -0.2) is 54.0 Å². The van der Waals surface area contributed by atoms with Crippen LogP contribution in [0, 0.1) is 10.1 Å². The number of fused-ring (bicyclic) bond motifs is 1. The van der Waals surface area contributed by atoms with Gasteiger partial charge in [0.25, 0.3) is 11.6 Å². The first-order valence-electron chi connectivity index (χ1n) is 8.78. The van der Waals surface area contributed by atoms with Crippen LogP contribution in [0.5, 0.6) is 5.75 Å². The van der Waals surface area contributed by atoms with Crippen molar-refractivity contribution in [2.45, 2.75) is 0 Å². The van der Waals surface area contributed by atoms with E-state index in [0.717, 1.165) is 21.1 Å². The van der Waals surface area contributed by atoms with Gasteiger partial charge in [-0.05, 0) is 30.3 Å². The van der Waals surface area contributed by atoms with Crippen LogP contribution >= 0.6 is 11.3 Å². The molecule has 4 rings (SSSR count). The van der Waals surface area contributed by atoms with Crippen molar-refractivity contribution in [3.63, 3.8) is 0 Å². The molecule has 144 valence electrons. The van der Waals surface area contributed by atoms with E-state index in [4.69, 9.17) is 4.74 Å². The largest absolute Gasteiger partial charge is 0.497 e. The first-order chi connectivity index (χ1) is 13.5. The number of nitro groups is 1. The number of rotatable bonds is 4. The van der Waals surface area contributed by atoms with E-state index in [1.54, 1.807) is 23.3 Å². The molecule has 1 aromatic heterocycles. The molecule has 0 unspecified atom stereocenters. The first-order valence-corrected chi connectivity index (χ1v) is 9.60. The first kappa shape index (κ1) is 18.2. The van der Waals surface area contributed by atoms with Gasteiger partial charge >= 0.3 is 0 Å². The van der Waals surface area contributed by atoms with Crippen LogP contribution in [0.4, 0.5) is 10.8 Å². The Morgan fingerprint density at radius 2 is 1.86 bits per heavy atom. The summed E-state index contributed by atoms with van der Waals surface area (Å²) in [5.74, 6) is 0.699. The smallest absolute Gasteiger partial charge is 0.269 e. The molecule has 8 nitrogen and oxygen atoms in total. The normalized spacial score (nSPS) is 14.3. The van der Waals surface area contributed by atoms with E-state index in [1.165, 1.54) is 24.3 Å². The minimum Gasteiger partial charge on any atom is -0.497 e. The average molecular weight is 398 g/mol. The number of methoxy groups -OCH3 is 1. The molecule has 1 aliphatic heterocycles. The SMILES string of the molecule is COc1ccc2nc(N3CCN(C(=O)c4ccc([N+](=O)[O-])cc4)CC3)sc2c1. The third kappa shape index (κ3) is 3.48. The summed E-state index contributed by atoms with van der Waals surface area (Å²) < 4.78 is 6.33. The van der Waals surface area contributed by atoms with Crippen LogP contribution in [0.3, 0.4) is 0 Å². The Labute approximate surface area is 165 Å². The molecule has 1 saturated heterocycles. The second-order valence-corrected chi connectivity index (χ2v) is 7.42. The molecule has 2 aromatic carbocycles. The zero-order valence-electron chi connectivity index (χ0n) is 15.2. The van der Waals surface area contributed by atoms with E-state index < -0.39 is 4.92 Å². The Morgan fingerprint density at radius 3 is 2.50 bits per heavy atom. The van der Waals surface area contributed by atoms with Crippen molar-refractivity contribution in [1.29, 1.82) is 0 Å². The molecule has 28 heavy (non-hydrogen) atoms. The number of thiazole rings is 1. The number of nitrogens with zero attached hydrogens (tertiary/aromatic N) is 4. The summed E-state index contributed by atoms with van der Waals surface area (Å²) in [5, 5.41) is 11.7. The molecule has 0 aliphatic carbocycles. The van der Waals surface area contributed by atoms with Gasteiger partial charge in [0, 0.05) is 43.9 Å². The zero-order chi connectivity index (χ0) is 19.7. The fourth-order valence-corrected chi connectivity index (χ4v) is 4.21. The molecule has 0 N–H and O–H groups in total. The topological polar surface area (TPSA) is 88.8 Å². The van der Waals surface area contributed by atoms with E-state index in [2.05, 4.69) is 9.88 Å². The van der Waals surface area contributed by atoms with Gasteiger partial charge < -0.3 is 14.5 Å². The number of carbonyl (C=O) groups is 1. The van der Waals surface area contributed by atoms with Crippen LogP contribution in [0.15, 0.2) is 42.5 Å². The number of amides is 1. The number of piperazine rings is 1. The van der Waals surface area contributed by atoms with Crippen LogP contribution in [0.2, 0.25) is 0 Å². The average Bonchev–Trinajstić information content (AvgIpc) is 3.16. The Bertz CT molecular complexity index is 1030. The lowest BCUT2D eigenvalue weighted by Gasteiger charge is -2.34. The maximum absolute atomic E-state index is 12.6. The molecule has 1 fully saturated rings. The van der Waals surface area contributed by atoms with Crippen LogP contribution in [0.1, 0.15) is 10.4 Å². The monoisotopic (exact) mass is 398 g/mol. The molecule has 0 spiro atoms. The highest BCUT2D eigenvalue weighted by Gasteiger charge is 2.24. The van der Waals surface area contributed by atoms with Crippen molar-refractivity contribution in [3.8, 4) is 5.75 Å². The molecule has 3 aromatic rings. The summed E-state index contributed by atoms with van der Waals surface area (Å²) in [6.07, 6.45) is 0. The summed E-state index contributed by atoms with van der Waals surface area (Å²) in [6.45, 7) is 2.54. The van der Waals surface area contributed by atoms with Gasteiger partial charge in [0.15, 0.2) is 5.13 Å². The maximum atomic E-state index is 12.6. The molecule has 1 amide bonds. The molecule has 0 bridgehead atoms. The molecular weight excluding hydrogens is 380 g/mol. The fourth-order valence-electron chi connectivity index (χ4n) is 3.16. The summed E-state index contributed by atoms with van der Waals surface area (Å²) in [5.41, 5.74) is 1.38. The zero-order valence-corrected chi connectivity index (χ0v) is 16.0. The number of carbonyl (C=O) groups excluding carboxylic acids is 1. The Hall–Kier alpha value is -3.20. The molecule has 0 atom stereocenters. The van der Waals surface area contributed by atoms with Gasteiger partial charge in [-0.3, -0.25) is 14.9 Å². The third-order valence-electron chi connectivity index (χ3n) is 4.75.